The summed E-state index contributed by atoms with van der Waals surface area (Å²) in [5.74, 6) is -1.80. The van der Waals surface area contributed by atoms with Gasteiger partial charge in [0.2, 0.25) is 15.9 Å². The van der Waals surface area contributed by atoms with Crippen molar-refractivity contribution in [3.05, 3.63) is 29.3 Å². The maximum Gasteiger partial charge on any atom is 0.323 e. The molecule has 114 valence electrons. The molecule has 1 unspecified atom stereocenters. The van der Waals surface area contributed by atoms with Crippen molar-refractivity contribution >= 4 is 21.9 Å². The summed E-state index contributed by atoms with van der Waals surface area (Å²) in [6, 6.07) is 3.26. The molecule has 21 heavy (non-hydrogen) atoms. The van der Waals surface area contributed by atoms with E-state index in [1.807, 2.05) is 6.92 Å². The number of carbonyl (C=O) groups excluding carboxylic acids is 1. The zero-order chi connectivity index (χ0) is 15.8. The summed E-state index contributed by atoms with van der Waals surface area (Å²) in [7, 11) is -4.04. The van der Waals surface area contributed by atoms with Gasteiger partial charge in [-0.2, -0.15) is 4.31 Å². The lowest BCUT2D eigenvalue weighted by Crippen LogP contribution is -2.59. The topological polar surface area (TPSA) is 104 Å². The molecule has 1 saturated heterocycles. The molecule has 1 fully saturated rings. The van der Waals surface area contributed by atoms with Crippen molar-refractivity contribution in [2.75, 3.05) is 13.1 Å². The van der Waals surface area contributed by atoms with E-state index in [2.05, 4.69) is 5.32 Å². The standard InChI is InChI=1S/C13H16N2O5S/c1-8-3-4-10(5-9(8)2)21(19,20)15-7-12(16)14-6-11(15)13(17)18/h3-5,11H,6-7H2,1-2H3,(H,14,16)(H,17,18). The van der Waals surface area contributed by atoms with Crippen molar-refractivity contribution in [3.8, 4) is 0 Å². The second-order valence-electron chi connectivity index (χ2n) is 4.95. The lowest BCUT2D eigenvalue weighted by atomic mass is 10.1. The summed E-state index contributed by atoms with van der Waals surface area (Å²) in [5, 5.41) is 11.5. The average molecular weight is 312 g/mol. The fraction of sp³-hybridized carbons (Fsp3) is 0.385. The number of carboxylic acids is 1. The van der Waals surface area contributed by atoms with Crippen LogP contribution in [0, 0.1) is 13.8 Å². The van der Waals surface area contributed by atoms with Gasteiger partial charge in [-0.3, -0.25) is 9.59 Å². The number of aryl methyl sites for hydroxylation is 2. The number of nitrogens with zero attached hydrogens (tertiary/aromatic N) is 1. The molecular weight excluding hydrogens is 296 g/mol. The van der Waals surface area contributed by atoms with E-state index in [-0.39, 0.29) is 11.4 Å². The number of benzene rings is 1. The van der Waals surface area contributed by atoms with E-state index >= 15 is 0 Å². The molecule has 1 aromatic rings. The van der Waals surface area contributed by atoms with Crippen LogP contribution in [0.15, 0.2) is 23.1 Å². The molecule has 1 aliphatic rings. The maximum atomic E-state index is 12.6. The van der Waals surface area contributed by atoms with Crippen LogP contribution in [0.25, 0.3) is 0 Å². The zero-order valence-electron chi connectivity index (χ0n) is 11.7. The zero-order valence-corrected chi connectivity index (χ0v) is 12.5. The molecule has 1 amide bonds. The second kappa shape index (κ2) is 5.45. The van der Waals surface area contributed by atoms with Crippen LogP contribution in [-0.4, -0.2) is 48.8 Å². The molecule has 2 rings (SSSR count). The van der Waals surface area contributed by atoms with Gasteiger partial charge in [0.05, 0.1) is 11.4 Å². The molecule has 0 aromatic heterocycles. The highest BCUT2D eigenvalue weighted by atomic mass is 32.2. The minimum absolute atomic E-state index is 0.00782. The number of aliphatic carboxylic acids is 1. The molecule has 1 aromatic carbocycles. The third kappa shape index (κ3) is 2.91. The summed E-state index contributed by atoms with van der Waals surface area (Å²) in [5.41, 5.74) is 1.71. The highest BCUT2D eigenvalue weighted by molar-refractivity contribution is 7.89. The van der Waals surface area contributed by atoms with E-state index in [0.29, 0.717) is 0 Å². The first-order valence-electron chi connectivity index (χ1n) is 6.32. The Kier molecular flexibility index (Phi) is 4.02. The summed E-state index contributed by atoms with van der Waals surface area (Å²) >= 11 is 0. The lowest BCUT2D eigenvalue weighted by molar-refractivity contribution is -0.143. The van der Waals surface area contributed by atoms with Gasteiger partial charge in [0, 0.05) is 6.54 Å². The molecule has 1 aliphatic heterocycles. The Hall–Kier alpha value is -1.93. The van der Waals surface area contributed by atoms with Crippen LogP contribution in [0.2, 0.25) is 0 Å². The number of hydrogen-bond donors (Lipinski definition) is 2. The monoisotopic (exact) mass is 312 g/mol. The predicted octanol–water partition coefficient (Wildman–Crippen LogP) is -0.123. The quantitative estimate of drug-likeness (QED) is 0.809. The van der Waals surface area contributed by atoms with E-state index in [9.17, 15) is 18.0 Å². The smallest absolute Gasteiger partial charge is 0.323 e. The Balaban J connectivity index is 2.46. The first-order valence-corrected chi connectivity index (χ1v) is 7.76. The number of nitrogens with one attached hydrogen (secondary N) is 1. The number of hydrogen-bond acceptors (Lipinski definition) is 4. The molecule has 1 heterocycles. The molecule has 2 N–H and O–H groups in total. The number of amides is 1. The van der Waals surface area contributed by atoms with E-state index in [0.717, 1.165) is 15.4 Å². The number of carbonyl (C=O) groups is 2. The van der Waals surface area contributed by atoms with Crippen LogP contribution >= 0.6 is 0 Å². The van der Waals surface area contributed by atoms with Gasteiger partial charge in [-0.15, -0.1) is 0 Å². The molecule has 7 nitrogen and oxygen atoms in total. The highest BCUT2D eigenvalue weighted by Gasteiger charge is 2.40. The molecule has 0 radical (unpaired) electrons. The summed E-state index contributed by atoms with van der Waals surface area (Å²) in [4.78, 5) is 22.6. The van der Waals surface area contributed by atoms with Gasteiger partial charge in [0.15, 0.2) is 0 Å². The van der Waals surface area contributed by atoms with Crippen molar-refractivity contribution in [1.29, 1.82) is 0 Å². The molecule has 8 heteroatoms. The second-order valence-corrected chi connectivity index (χ2v) is 6.84. The largest absolute Gasteiger partial charge is 0.480 e. The van der Waals surface area contributed by atoms with Gasteiger partial charge >= 0.3 is 5.97 Å². The first-order chi connectivity index (χ1) is 9.73. The predicted molar refractivity (Wildman–Crippen MR) is 74.2 cm³/mol. The third-order valence-corrected chi connectivity index (χ3v) is 5.36. The van der Waals surface area contributed by atoms with Crippen LogP contribution < -0.4 is 5.32 Å². The van der Waals surface area contributed by atoms with Crippen LogP contribution in [-0.2, 0) is 19.6 Å². The SMILES string of the molecule is Cc1ccc(S(=O)(=O)N2CC(=O)NCC2C(=O)O)cc1C. The highest BCUT2D eigenvalue weighted by Crippen LogP contribution is 2.22. The Morgan fingerprint density at radius 3 is 2.57 bits per heavy atom. The van der Waals surface area contributed by atoms with Crippen LogP contribution in [0.1, 0.15) is 11.1 Å². The van der Waals surface area contributed by atoms with Gasteiger partial charge in [-0.1, -0.05) is 6.07 Å². The molecule has 0 bridgehead atoms. The van der Waals surface area contributed by atoms with Crippen molar-refractivity contribution in [1.82, 2.24) is 9.62 Å². The van der Waals surface area contributed by atoms with Gasteiger partial charge in [-0.25, -0.2) is 8.42 Å². The molecule has 1 atom stereocenters. The normalized spacial score (nSPS) is 20.1. The van der Waals surface area contributed by atoms with Crippen molar-refractivity contribution in [2.24, 2.45) is 0 Å². The molecule has 0 saturated carbocycles. The number of rotatable bonds is 3. The third-order valence-electron chi connectivity index (χ3n) is 3.51. The van der Waals surface area contributed by atoms with Crippen molar-refractivity contribution in [3.63, 3.8) is 0 Å². The Labute approximate surface area is 122 Å². The molecular formula is C13H16N2O5S. The summed E-state index contributed by atoms with van der Waals surface area (Å²) in [6.45, 7) is 2.89. The van der Waals surface area contributed by atoms with Gasteiger partial charge < -0.3 is 10.4 Å². The van der Waals surface area contributed by atoms with Crippen molar-refractivity contribution < 1.29 is 23.1 Å². The number of sulfonamides is 1. The van der Waals surface area contributed by atoms with E-state index in [1.54, 1.807) is 13.0 Å². The van der Waals surface area contributed by atoms with E-state index in [4.69, 9.17) is 5.11 Å². The van der Waals surface area contributed by atoms with Crippen LogP contribution in [0.5, 0.6) is 0 Å². The first kappa shape index (κ1) is 15.5. The summed E-state index contributed by atoms with van der Waals surface area (Å²) in [6.07, 6.45) is 0. The van der Waals surface area contributed by atoms with E-state index in [1.165, 1.54) is 12.1 Å². The number of carboxylic acid groups (broad SMARTS) is 1. The van der Waals surface area contributed by atoms with Gasteiger partial charge in [0.25, 0.3) is 0 Å². The summed E-state index contributed by atoms with van der Waals surface area (Å²) < 4.78 is 25.9. The molecule has 0 aliphatic carbocycles. The maximum absolute atomic E-state index is 12.6. The minimum Gasteiger partial charge on any atom is -0.480 e. The molecule has 0 spiro atoms. The number of piperazine rings is 1. The van der Waals surface area contributed by atoms with Crippen LogP contribution in [0.3, 0.4) is 0 Å². The lowest BCUT2D eigenvalue weighted by Gasteiger charge is -2.31. The fourth-order valence-electron chi connectivity index (χ4n) is 2.09. The Morgan fingerprint density at radius 2 is 2.00 bits per heavy atom. The Morgan fingerprint density at radius 1 is 1.33 bits per heavy atom. The van der Waals surface area contributed by atoms with E-state index < -0.39 is 34.5 Å². The van der Waals surface area contributed by atoms with Gasteiger partial charge in [0.1, 0.15) is 6.04 Å². The Bertz CT molecular complexity index is 699. The van der Waals surface area contributed by atoms with Gasteiger partial charge in [-0.05, 0) is 37.1 Å². The minimum atomic E-state index is -4.04. The van der Waals surface area contributed by atoms with Crippen molar-refractivity contribution in [2.45, 2.75) is 24.8 Å². The van der Waals surface area contributed by atoms with Crippen LogP contribution in [0.4, 0.5) is 0 Å². The fourth-order valence-corrected chi connectivity index (χ4v) is 3.72. The average Bonchev–Trinajstić information content (AvgIpc) is 2.41.